The molecule has 0 saturated carbocycles. The smallest absolute Gasteiger partial charge is 0.554 e. The predicted octanol–water partition coefficient (Wildman–Crippen LogP) is -0.834. The van der Waals surface area contributed by atoms with E-state index in [1.165, 1.54) is 31.2 Å². The fourth-order valence-corrected chi connectivity index (χ4v) is 1.13. The normalized spacial score (nSPS) is 7.39. The maximum atomic E-state index is 8.25. The van der Waals surface area contributed by atoms with Gasteiger partial charge in [-0.1, -0.05) is 25.8 Å². The molecule has 0 amide bonds. The van der Waals surface area contributed by atoms with Gasteiger partial charge in [0.25, 0.3) is 0 Å². The first-order valence-corrected chi connectivity index (χ1v) is 5.26. The van der Waals surface area contributed by atoms with Crippen LogP contribution < -0.4 is 10.2 Å². The Hall–Kier alpha value is -0.650. The predicted molar refractivity (Wildman–Crippen MR) is 65.3 cm³/mol. The molecule has 0 aromatic carbocycles. The molecule has 0 spiro atoms. The van der Waals surface area contributed by atoms with Crippen molar-refractivity contribution in [3.05, 3.63) is 30.1 Å². The Morgan fingerprint density at radius 1 is 1.22 bits per heavy atom. The zero-order valence-electron chi connectivity index (χ0n) is 10.6. The molecule has 0 aliphatic carbocycles. The van der Waals surface area contributed by atoms with Gasteiger partial charge in [-0.25, -0.2) is 0 Å². The van der Waals surface area contributed by atoms with Gasteiger partial charge in [0.1, 0.15) is 0 Å². The van der Waals surface area contributed by atoms with Gasteiger partial charge in [0.15, 0.2) is 0 Å². The van der Waals surface area contributed by atoms with E-state index in [2.05, 4.69) is 18.0 Å². The van der Waals surface area contributed by atoms with E-state index in [4.69, 9.17) is 19.8 Å². The van der Waals surface area contributed by atoms with Gasteiger partial charge in [-0.15, -0.1) is 0 Å². The standard InChI is InChI=1S/C10H15N.2CH2O2.Ca/c1-2-3-4-6-10-7-5-8-11-9-10;2*2-1-3;/h5,7-9H,2-4,6H2,1H3;2*1H,(H,2,3);/q;;;+2/p-2. The van der Waals surface area contributed by atoms with Crippen LogP contribution in [0, 0.1) is 0 Å². The molecule has 1 aromatic heterocycles. The summed E-state index contributed by atoms with van der Waals surface area (Å²) in [6.45, 7) is 1.23. The summed E-state index contributed by atoms with van der Waals surface area (Å²) in [5.74, 6) is 0. The maximum absolute atomic E-state index is 8.25. The van der Waals surface area contributed by atoms with Crippen LogP contribution in [0.3, 0.4) is 0 Å². The molecule has 96 valence electrons. The van der Waals surface area contributed by atoms with Gasteiger partial charge >= 0.3 is 37.7 Å². The minimum Gasteiger partial charge on any atom is -0.554 e. The third kappa shape index (κ3) is 20.7. The summed E-state index contributed by atoms with van der Waals surface area (Å²) in [6, 6.07) is 4.14. The molecular weight excluding hydrogens is 262 g/mol. The van der Waals surface area contributed by atoms with E-state index >= 15 is 0 Å². The van der Waals surface area contributed by atoms with Crippen LogP contribution in [0.4, 0.5) is 0 Å². The molecule has 6 heteroatoms. The number of pyridine rings is 1. The number of carbonyl (C=O) groups excluding carboxylic acids is 2. The first-order valence-electron chi connectivity index (χ1n) is 5.26. The summed E-state index contributed by atoms with van der Waals surface area (Å²) in [6.07, 6.45) is 8.87. The number of rotatable bonds is 4. The van der Waals surface area contributed by atoms with Crippen molar-refractivity contribution >= 4 is 50.7 Å². The second kappa shape index (κ2) is 21.6. The molecule has 0 aliphatic heterocycles. The van der Waals surface area contributed by atoms with E-state index in [9.17, 15) is 0 Å². The number of hydrogen-bond donors (Lipinski definition) is 0. The van der Waals surface area contributed by atoms with Crippen LogP contribution in [0.25, 0.3) is 0 Å². The van der Waals surface area contributed by atoms with Crippen LogP contribution in [0.2, 0.25) is 0 Å². The van der Waals surface area contributed by atoms with E-state index in [-0.39, 0.29) is 37.7 Å². The Balaban J connectivity index is -0.000000276. The molecule has 18 heavy (non-hydrogen) atoms. The van der Waals surface area contributed by atoms with Crippen molar-refractivity contribution in [3.8, 4) is 0 Å². The molecule has 0 unspecified atom stereocenters. The van der Waals surface area contributed by atoms with E-state index in [1.54, 1.807) is 0 Å². The number of hydrogen-bond acceptors (Lipinski definition) is 5. The third-order valence-corrected chi connectivity index (χ3v) is 1.79. The summed E-state index contributed by atoms with van der Waals surface area (Å²) >= 11 is 0. The largest absolute Gasteiger partial charge is 2.00 e. The average molecular weight is 279 g/mol. The minimum absolute atomic E-state index is 0. The number of aromatic nitrogens is 1. The van der Waals surface area contributed by atoms with Crippen molar-refractivity contribution < 1.29 is 19.8 Å². The second-order valence-electron chi connectivity index (χ2n) is 3.01. The molecule has 0 atom stereocenters. The molecule has 5 nitrogen and oxygen atoms in total. The monoisotopic (exact) mass is 279 g/mol. The first kappa shape index (κ1) is 22.5. The molecule has 0 fully saturated rings. The molecule has 1 rings (SSSR count). The summed E-state index contributed by atoms with van der Waals surface area (Å²) in [7, 11) is 0. The molecule has 0 N–H and O–H groups in total. The van der Waals surface area contributed by atoms with Crippen molar-refractivity contribution in [1.82, 2.24) is 4.98 Å². The van der Waals surface area contributed by atoms with Gasteiger partial charge in [-0.05, 0) is 24.5 Å². The Bertz CT molecular complexity index is 264. The van der Waals surface area contributed by atoms with Gasteiger partial charge in [0.05, 0.1) is 0 Å². The Morgan fingerprint density at radius 2 is 1.78 bits per heavy atom. The third-order valence-electron chi connectivity index (χ3n) is 1.79. The Kier molecular flexibility index (Phi) is 27.0. The van der Waals surface area contributed by atoms with Crippen LogP contribution in [0.5, 0.6) is 0 Å². The maximum Gasteiger partial charge on any atom is 2.00 e. The van der Waals surface area contributed by atoms with E-state index < -0.39 is 12.9 Å². The number of nitrogens with zero attached hydrogens (tertiary/aromatic N) is 1. The van der Waals surface area contributed by atoms with Crippen molar-refractivity contribution in [2.75, 3.05) is 0 Å². The van der Waals surface area contributed by atoms with Gasteiger partial charge in [0.2, 0.25) is 0 Å². The summed E-state index contributed by atoms with van der Waals surface area (Å²) < 4.78 is 0. The topological polar surface area (TPSA) is 93.2 Å². The molecule has 1 heterocycles. The van der Waals surface area contributed by atoms with E-state index in [0.29, 0.717) is 0 Å². The van der Waals surface area contributed by atoms with Gasteiger partial charge in [-0.2, -0.15) is 0 Å². The molecular formula is C12H17CaNO4. The van der Waals surface area contributed by atoms with Gasteiger partial charge < -0.3 is 19.8 Å². The average Bonchev–Trinajstić information content (AvgIpc) is 2.33. The molecule has 0 aliphatic rings. The number of aryl methyl sites for hydroxylation is 1. The summed E-state index contributed by atoms with van der Waals surface area (Å²) in [4.78, 5) is 20.6. The van der Waals surface area contributed by atoms with E-state index in [1.807, 2.05) is 18.5 Å². The number of unbranched alkanes of at least 4 members (excludes halogenated alkanes) is 2. The molecule has 0 bridgehead atoms. The number of carbonyl (C=O) groups is 2. The van der Waals surface area contributed by atoms with Crippen LogP contribution in [0.1, 0.15) is 31.7 Å². The Morgan fingerprint density at radius 3 is 2.17 bits per heavy atom. The van der Waals surface area contributed by atoms with Crippen LogP contribution >= 0.6 is 0 Å². The summed E-state index contributed by atoms with van der Waals surface area (Å²) in [5, 5.41) is 16.5. The zero-order valence-corrected chi connectivity index (χ0v) is 12.8. The summed E-state index contributed by atoms with van der Waals surface area (Å²) in [5.41, 5.74) is 1.36. The van der Waals surface area contributed by atoms with Crippen molar-refractivity contribution in [2.45, 2.75) is 32.6 Å². The fraction of sp³-hybridized carbons (Fsp3) is 0.417. The molecule has 1 aromatic rings. The van der Waals surface area contributed by atoms with Crippen molar-refractivity contribution in [3.63, 3.8) is 0 Å². The molecule has 0 radical (unpaired) electrons. The van der Waals surface area contributed by atoms with Crippen LogP contribution in [-0.4, -0.2) is 55.7 Å². The van der Waals surface area contributed by atoms with E-state index in [0.717, 1.165) is 0 Å². The zero-order chi connectivity index (χ0) is 13.4. The minimum atomic E-state index is -0.500. The van der Waals surface area contributed by atoms with Gasteiger partial charge in [-0.3, -0.25) is 4.98 Å². The first-order chi connectivity index (χ1) is 8.26. The van der Waals surface area contributed by atoms with Crippen molar-refractivity contribution in [2.24, 2.45) is 0 Å². The quantitative estimate of drug-likeness (QED) is 0.407. The fourth-order valence-electron chi connectivity index (χ4n) is 1.13. The Labute approximate surface area is 137 Å². The SMILES string of the molecule is CCCCCc1cccnc1.O=C[O-].O=C[O-].[Ca+2]. The van der Waals surface area contributed by atoms with Crippen molar-refractivity contribution in [1.29, 1.82) is 0 Å². The number of carboxylic acid groups (broad SMARTS) is 2. The van der Waals surface area contributed by atoms with Gasteiger partial charge in [0, 0.05) is 25.3 Å². The van der Waals surface area contributed by atoms with Crippen LogP contribution in [-0.2, 0) is 16.0 Å². The van der Waals surface area contributed by atoms with Crippen LogP contribution in [0.15, 0.2) is 24.5 Å². The molecule has 0 saturated heterocycles. The second-order valence-corrected chi connectivity index (χ2v) is 3.01.